The van der Waals surface area contributed by atoms with E-state index in [1.165, 1.54) is 17.9 Å². The van der Waals surface area contributed by atoms with Crippen molar-refractivity contribution in [3.63, 3.8) is 0 Å². The Morgan fingerprint density at radius 3 is 2.69 bits per heavy atom. The van der Waals surface area contributed by atoms with Gasteiger partial charge in [-0.2, -0.15) is 0 Å². The van der Waals surface area contributed by atoms with Crippen LogP contribution in [0.2, 0.25) is 0 Å². The molecule has 4 rings (SSSR count). The molecule has 0 aromatic heterocycles. The Kier molecular flexibility index (Phi) is 1.45. The van der Waals surface area contributed by atoms with Crippen molar-refractivity contribution in [3.05, 3.63) is 36.7 Å². The number of para-hydroxylation sites is 2. The Morgan fingerprint density at radius 2 is 1.81 bits per heavy atom. The number of hydrogen-bond acceptors (Lipinski definition) is 3. The van der Waals surface area contributed by atoms with Crippen molar-refractivity contribution >= 4 is 11.4 Å². The molecule has 3 heteroatoms. The van der Waals surface area contributed by atoms with Gasteiger partial charge in [0.25, 0.3) is 0 Å². The Morgan fingerprint density at radius 1 is 1.00 bits per heavy atom. The van der Waals surface area contributed by atoms with Crippen LogP contribution in [0.5, 0.6) is 0 Å². The van der Waals surface area contributed by atoms with Crippen molar-refractivity contribution in [2.24, 2.45) is 0 Å². The second kappa shape index (κ2) is 2.73. The minimum absolute atomic E-state index is 0.630. The van der Waals surface area contributed by atoms with Crippen molar-refractivity contribution in [1.82, 2.24) is 4.90 Å². The second-order valence-electron chi connectivity index (χ2n) is 4.91. The van der Waals surface area contributed by atoms with E-state index in [0.717, 1.165) is 12.6 Å². The Balaban J connectivity index is 1.85. The predicted molar refractivity (Wildman–Crippen MR) is 65.6 cm³/mol. The van der Waals surface area contributed by atoms with Crippen LogP contribution in [-0.4, -0.2) is 37.1 Å². The maximum atomic E-state index is 2.45. The van der Waals surface area contributed by atoms with E-state index in [4.69, 9.17) is 0 Å². The molecule has 0 aliphatic carbocycles. The lowest BCUT2D eigenvalue weighted by atomic mass is 10.0. The van der Waals surface area contributed by atoms with Crippen molar-refractivity contribution < 1.29 is 0 Å². The molecular weight excluding hydrogens is 198 g/mol. The summed E-state index contributed by atoms with van der Waals surface area (Å²) in [7, 11) is 2.20. The van der Waals surface area contributed by atoms with Crippen LogP contribution in [0, 0.1) is 0 Å². The summed E-state index contributed by atoms with van der Waals surface area (Å²) in [4.78, 5) is 7.25. The van der Waals surface area contributed by atoms with E-state index in [1.807, 2.05) is 0 Å². The van der Waals surface area contributed by atoms with Gasteiger partial charge in [0.1, 0.15) is 0 Å². The topological polar surface area (TPSA) is 9.49 Å². The van der Waals surface area contributed by atoms with Gasteiger partial charge >= 0.3 is 0 Å². The van der Waals surface area contributed by atoms with Crippen LogP contribution in [0.1, 0.15) is 0 Å². The molecular formula is C13H15N3. The third-order valence-corrected chi connectivity index (χ3v) is 3.94. The largest absolute Gasteiger partial charge is 0.371 e. The summed E-state index contributed by atoms with van der Waals surface area (Å²) in [6, 6.07) is 10.0. The number of benzene rings is 1. The summed E-state index contributed by atoms with van der Waals surface area (Å²) in [6.45, 7) is 2.36. The van der Waals surface area contributed by atoms with Crippen molar-refractivity contribution in [2.45, 2.75) is 12.1 Å². The minimum Gasteiger partial charge on any atom is -0.371 e. The lowest BCUT2D eigenvalue weighted by molar-refractivity contribution is 0.511. The van der Waals surface area contributed by atoms with Crippen LogP contribution in [0.15, 0.2) is 36.7 Å². The highest BCUT2D eigenvalue weighted by molar-refractivity contribution is 5.75. The molecule has 3 heterocycles. The average molecular weight is 213 g/mol. The lowest BCUT2D eigenvalue weighted by Gasteiger charge is -2.43. The fourth-order valence-electron chi connectivity index (χ4n) is 2.99. The van der Waals surface area contributed by atoms with Crippen LogP contribution in [0.3, 0.4) is 0 Å². The highest BCUT2D eigenvalue weighted by Gasteiger charge is 2.46. The van der Waals surface area contributed by atoms with E-state index in [1.54, 1.807) is 0 Å². The van der Waals surface area contributed by atoms with E-state index < -0.39 is 0 Å². The number of fused-ring (bicyclic) bond motifs is 5. The van der Waals surface area contributed by atoms with Gasteiger partial charge in [0.05, 0.1) is 23.5 Å². The van der Waals surface area contributed by atoms with E-state index in [0.29, 0.717) is 6.04 Å². The number of likely N-dealkylation sites (N-methyl/N-ethyl adjacent to an activating group) is 1. The third kappa shape index (κ3) is 0.979. The highest BCUT2D eigenvalue weighted by atomic mass is 15.4. The fraction of sp³-hybridized carbons (Fsp3) is 0.385. The third-order valence-electron chi connectivity index (χ3n) is 3.94. The molecule has 1 aromatic rings. The maximum Gasteiger partial charge on any atom is 0.0732 e. The summed E-state index contributed by atoms with van der Waals surface area (Å²) >= 11 is 0. The predicted octanol–water partition coefficient (Wildman–Crippen LogP) is 1.48. The molecule has 82 valence electrons. The van der Waals surface area contributed by atoms with Crippen LogP contribution >= 0.6 is 0 Å². The molecule has 0 spiro atoms. The van der Waals surface area contributed by atoms with Crippen molar-refractivity contribution in [3.8, 4) is 0 Å². The van der Waals surface area contributed by atoms with Gasteiger partial charge < -0.3 is 14.7 Å². The van der Waals surface area contributed by atoms with Crippen molar-refractivity contribution in [2.75, 3.05) is 29.9 Å². The quantitative estimate of drug-likeness (QED) is 0.604. The van der Waals surface area contributed by atoms with Gasteiger partial charge in [-0.15, -0.1) is 0 Å². The molecule has 3 aliphatic heterocycles. The highest BCUT2D eigenvalue weighted by Crippen LogP contribution is 2.41. The molecule has 0 saturated carbocycles. The average Bonchev–Trinajstić information content (AvgIpc) is 3.09. The zero-order chi connectivity index (χ0) is 10.7. The number of hydrogen-bond donors (Lipinski definition) is 0. The summed E-state index contributed by atoms with van der Waals surface area (Å²) < 4.78 is 0. The first-order chi connectivity index (χ1) is 7.84. The van der Waals surface area contributed by atoms with Gasteiger partial charge in [0, 0.05) is 32.5 Å². The van der Waals surface area contributed by atoms with Gasteiger partial charge in [-0.1, -0.05) is 12.1 Å². The van der Waals surface area contributed by atoms with E-state index in [9.17, 15) is 0 Å². The molecule has 1 saturated heterocycles. The van der Waals surface area contributed by atoms with E-state index >= 15 is 0 Å². The van der Waals surface area contributed by atoms with E-state index in [2.05, 4.69) is 58.4 Å². The monoisotopic (exact) mass is 213 g/mol. The molecule has 3 aliphatic rings. The Hall–Kier alpha value is -1.64. The zero-order valence-electron chi connectivity index (χ0n) is 9.37. The molecule has 0 N–H and O–H groups in total. The lowest BCUT2D eigenvalue weighted by Crippen LogP contribution is -2.50. The molecule has 16 heavy (non-hydrogen) atoms. The second-order valence-corrected chi connectivity index (χ2v) is 4.91. The van der Waals surface area contributed by atoms with Crippen LogP contribution in [0.4, 0.5) is 11.4 Å². The first-order valence-corrected chi connectivity index (χ1v) is 5.87. The molecule has 1 aromatic carbocycles. The first kappa shape index (κ1) is 8.50. The van der Waals surface area contributed by atoms with Gasteiger partial charge in [-0.3, -0.25) is 0 Å². The Bertz CT molecular complexity index is 468. The summed E-state index contributed by atoms with van der Waals surface area (Å²) in [5.74, 6) is 0. The van der Waals surface area contributed by atoms with E-state index in [-0.39, 0.29) is 0 Å². The summed E-state index contributed by atoms with van der Waals surface area (Å²) in [5, 5.41) is 0. The molecule has 0 amide bonds. The fourth-order valence-corrected chi connectivity index (χ4v) is 2.99. The summed E-state index contributed by atoms with van der Waals surface area (Å²) in [5.41, 5.74) is 2.70. The van der Waals surface area contributed by atoms with Gasteiger partial charge in [0.15, 0.2) is 0 Å². The standard InChI is InChI=1S/C13H15N3/c1-14-8-13-12-9-15(12)6-7-16(13)11-5-3-2-4-10(11)14/h2-7,12-13H,8-9H2,1H3. The SMILES string of the molecule is CN1CC2C3CN3C=CN2c2ccccc21. The van der Waals surface area contributed by atoms with Gasteiger partial charge in [-0.05, 0) is 12.1 Å². The summed E-state index contributed by atoms with van der Waals surface area (Å²) in [6.07, 6.45) is 4.46. The molecule has 2 unspecified atom stereocenters. The van der Waals surface area contributed by atoms with Crippen LogP contribution in [0.25, 0.3) is 0 Å². The molecule has 1 fully saturated rings. The maximum absolute atomic E-state index is 2.45. The molecule has 3 nitrogen and oxygen atoms in total. The molecule has 2 atom stereocenters. The van der Waals surface area contributed by atoms with Gasteiger partial charge in [0.2, 0.25) is 0 Å². The number of nitrogens with zero attached hydrogens (tertiary/aromatic N) is 3. The smallest absolute Gasteiger partial charge is 0.0732 e. The van der Waals surface area contributed by atoms with Crippen LogP contribution < -0.4 is 9.80 Å². The first-order valence-electron chi connectivity index (χ1n) is 5.87. The van der Waals surface area contributed by atoms with Gasteiger partial charge in [-0.25, -0.2) is 0 Å². The van der Waals surface area contributed by atoms with Crippen molar-refractivity contribution in [1.29, 1.82) is 0 Å². The van der Waals surface area contributed by atoms with Crippen LogP contribution in [-0.2, 0) is 0 Å². The normalized spacial score (nSPS) is 29.7. The zero-order valence-corrected chi connectivity index (χ0v) is 9.37. The Labute approximate surface area is 95.6 Å². The number of rotatable bonds is 0. The number of anilines is 2. The molecule has 0 radical (unpaired) electrons. The molecule has 0 bridgehead atoms. The minimum atomic E-state index is 0.630.